The van der Waals surface area contributed by atoms with E-state index in [1.165, 1.54) is 35.2 Å². The molecule has 0 bridgehead atoms. The molecule has 0 saturated carbocycles. The molecule has 0 atom stereocenters. The molecule has 0 spiro atoms. The fourth-order valence-corrected chi connectivity index (χ4v) is 6.34. The fraction of sp³-hybridized carbons (Fsp3) is 0.212. The number of nitrogens with zero attached hydrogens (tertiary/aromatic N) is 4. The van der Waals surface area contributed by atoms with Crippen molar-refractivity contribution in [3.63, 3.8) is 0 Å². The Morgan fingerprint density at radius 3 is 2.73 bits per heavy atom. The molecule has 0 aliphatic carbocycles. The molecular formula is C33H28F2N4O4S. The molecule has 1 amide bonds. The van der Waals surface area contributed by atoms with Gasteiger partial charge in [-0.3, -0.25) is 14.6 Å². The molecule has 44 heavy (non-hydrogen) atoms. The summed E-state index contributed by atoms with van der Waals surface area (Å²) >= 11 is 1.37. The van der Waals surface area contributed by atoms with Gasteiger partial charge >= 0.3 is 0 Å². The van der Waals surface area contributed by atoms with Gasteiger partial charge in [0.15, 0.2) is 0 Å². The number of hydrogen-bond donors (Lipinski definition) is 0. The lowest BCUT2D eigenvalue weighted by Gasteiger charge is -2.27. The average molecular weight is 615 g/mol. The van der Waals surface area contributed by atoms with Gasteiger partial charge in [-0.25, -0.2) is 13.8 Å². The topological polar surface area (TPSA) is 86.6 Å². The van der Waals surface area contributed by atoms with E-state index in [1.807, 2.05) is 17.5 Å². The van der Waals surface area contributed by atoms with E-state index in [0.717, 1.165) is 23.4 Å². The first-order valence-corrected chi connectivity index (χ1v) is 14.8. The van der Waals surface area contributed by atoms with E-state index >= 15 is 4.39 Å². The van der Waals surface area contributed by atoms with Gasteiger partial charge in [-0.2, -0.15) is 0 Å². The van der Waals surface area contributed by atoms with Gasteiger partial charge in [0, 0.05) is 96.7 Å². The number of thiophene rings is 1. The lowest BCUT2D eigenvalue weighted by atomic mass is 9.94. The Hall–Kier alpha value is -4.74. The minimum Gasteiger partial charge on any atom is -0.490 e. The number of pyridine rings is 3. The summed E-state index contributed by atoms with van der Waals surface area (Å²) in [6.45, 7) is 4.74. The van der Waals surface area contributed by atoms with Crippen LogP contribution >= 0.6 is 11.3 Å². The molecule has 1 aromatic carbocycles. The predicted molar refractivity (Wildman–Crippen MR) is 166 cm³/mol. The molecule has 6 rings (SSSR count). The number of benzene rings is 1. The zero-order valence-electron chi connectivity index (χ0n) is 24.1. The average Bonchev–Trinajstić information content (AvgIpc) is 3.51. The number of hydrogen-bond acceptors (Lipinski definition) is 7. The van der Waals surface area contributed by atoms with Crippen LogP contribution < -0.4 is 10.3 Å². The highest BCUT2D eigenvalue weighted by Gasteiger charge is 2.27. The van der Waals surface area contributed by atoms with Crippen molar-refractivity contribution in [3.05, 3.63) is 100 Å². The second-order valence-corrected chi connectivity index (χ2v) is 11.3. The number of amides is 1. The molecule has 224 valence electrons. The third-order valence-corrected chi connectivity index (χ3v) is 8.53. The van der Waals surface area contributed by atoms with Gasteiger partial charge in [0.2, 0.25) is 5.91 Å². The van der Waals surface area contributed by atoms with E-state index in [4.69, 9.17) is 19.4 Å². The molecule has 1 aliphatic heterocycles. The number of rotatable bonds is 8. The van der Waals surface area contributed by atoms with Gasteiger partial charge in [0.25, 0.3) is 5.56 Å². The van der Waals surface area contributed by atoms with Crippen LogP contribution in [-0.2, 0) is 29.5 Å². The molecule has 4 aromatic heterocycles. The molecule has 5 heterocycles. The number of carbonyl (C=O) groups excluding carboxylic acids is 1. The number of aryl methyl sites for hydroxylation is 1. The van der Waals surface area contributed by atoms with Crippen LogP contribution in [-0.4, -0.2) is 52.2 Å². The summed E-state index contributed by atoms with van der Waals surface area (Å²) in [7, 11) is 3.17. The molecule has 8 nitrogen and oxygen atoms in total. The van der Waals surface area contributed by atoms with Crippen molar-refractivity contribution in [2.24, 2.45) is 7.05 Å². The van der Waals surface area contributed by atoms with Crippen LogP contribution in [0.4, 0.5) is 8.78 Å². The number of halogens is 2. The normalized spacial score (nSPS) is 12.8. The van der Waals surface area contributed by atoms with Crippen molar-refractivity contribution in [1.29, 1.82) is 0 Å². The molecular weight excluding hydrogens is 586 g/mol. The largest absolute Gasteiger partial charge is 0.490 e. The number of ether oxygens (including phenoxy) is 2. The second kappa shape index (κ2) is 12.1. The zero-order valence-corrected chi connectivity index (χ0v) is 24.9. The number of aromatic nitrogens is 3. The molecule has 0 saturated heterocycles. The van der Waals surface area contributed by atoms with Crippen molar-refractivity contribution in [3.8, 4) is 39.4 Å². The van der Waals surface area contributed by atoms with Crippen molar-refractivity contribution < 1.29 is 23.0 Å². The van der Waals surface area contributed by atoms with Crippen LogP contribution in [0.15, 0.2) is 71.6 Å². The maximum Gasteiger partial charge on any atom is 0.250 e. The first-order chi connectivity index (χ1) is 21.3. The first-order valence-electron chi connectivity index (χ1n) is 13.9. The lowest BCUT2D eigenvalue weighted by Crippen LogP contribution is -2.35. The quantitative estimate of drug-likeness (QED) is 0.163. The third kappa shape index (κ3) is 5.40. The molecule has 5 aromatic rings. The number of methoxy groups -OCH3 is 1. The maximum atomic E-state index is 15.9. The van der Waals surface area contributed by atoms with Gasteiger partial charge in [0.1, 0.15) is 24.0 Å². The van der Waals surface area contributed by atoms with Crippen molar-refractivity contribution in [2.75, 3.05) is 26.9 Å². The summed E-state index contributed by atoms with van der Waals surface area (Å²) in [6.07, 6.45) is 5.20. The second-order valence-electron chi connectivity index (χ2n) is 10.4. The molecule has 0 fully saturated rings. The molecule has 0 unspecified atom stereocenters. The van der Waals surface area contributed by atoms with E-state index in [-0.39, 0.29) is 36.0 Å². The summed E-state index contributed by atoms with van der Waals surface area (Å²) in [6, 6.07) is 9.04. The number of fused-ring (bicyclic) bond motifs is 2. The Kier molecular flexibility index (Phi) is 8.07. The van der Waals surface area contributed by atoms with Gasteiger partial charge in [0.05, 0.1) is 23.6 Å². The lowest BCUT2D eigenvalue weighted by molar-refractivity contribution is -0.126. The van der Waals surface area contributed by atoms with Crippen LogP contribution in [0, 0.1) is 11.6 Å². The first kappa shape index (κ1) is 29.3. The van der Waals surface area contributed by atoms with E-state index in [0.29, 0.717) is 57.7 Å². The summed E-state index contributed by atoms with van der Waals surface area (Å²) in [4.78, 5) is 36.5. The van der Waals surface area contributed by atoms with Gasteiger partial charge in [-0.05, 0) is 35.2 Å². The summed E-state index contributed by atoms with van der Waals surface area (Å²) < 4.78 is 43.6. The summed E-state index contributed by atoms with van der Waals surface area (Å²) in [5.41, 5.74) is 3.99. The smallest absolute Gasteiger partial charge is 0.250 e. The Balaban J connectivity index is 1.64. The Morgan fingerprint density at radius 2 is 1.95 bits per heavy atom. The van der Waals surface area contributed by atoms with Crippen molar-refractivity contribution >= 4 is 27.3 Å². The van der Waals surface area contributed by atoms with Crippen LogP contribution in [0.1, 0.15) is 11.3 Å². The van der Waals surface area contributed by atoms with Crippen LogP contribution in [0.25, 0.3) is 43.7 Å². The Labute approximate surface area is 255 Å². The molecule has 11 heteroatoms. The highest BCUT2D eigenvalue weighted by atomic mass is 32.1. The number of carbonyl (C=O) groups is 1. The standard InChI is InChI=1S/C33H28F2N4O4S/c1-4-27(40)39-9-6-25-21(18-39)13-20(17-36-25)32-30(29-24(35)15-22(34)16-26(29)43-11-10-42-3)33-23(7-12-44-33)31(37-32)19-5-8-38(2)28(41)14-19/h4-5,7-8,12-17H,1,6,9-11,18H2,2-3H3. The van der Waals surface area contributed by atoms with Crippen LogP contribution in [0.5, 0.6) is 5.75 Å². The summed E-state index contributed by atoms with van der Waals surface area (Å²) in [5.74, 6) is -1.77. The van der Waals surface area contributed by atoms with Gasteiger partial charge in [-0.1, -0.05) is 6.58 Å². The molecule has 0 radical (unpaired) electrons. The summed E-state index contributed by atoms with van der Waals surface area (Å²) in [5, 5.41) is 2.56. The van der Waals surface area contributed by atoms with Crippen molar-refractivity contribution in [1.82, 2.24) is 19.4 Å². The maximum absolute atomic E-state index is 15.9. The monoisotopic (exact) mass is 614 g/mol. The van der Waals surface area contributed by atoms with Gasteiger partial charge < -0.3 is 18.9 Å². The highest BCUT2D eigenvalue weighted by Crippen LogP contribution is 2.47. The third-order valence-electron chi connectivity index (χ3n) is 7.60. The zero-order chi connectivity index (χ0) is 31.0. The van der Waals surface area contributed by atoms with Crippen molar-refractivity contribution in [2.45, 2.75) is 13.0 Å². The fourth-order valence-electron chi connectivity index (χ4n) is 5.40. The van der Waals surface area contributed by atoms with Gasteiger partial charge in [-0.15, -0.1) is 11.3 Å². The van der Waals surface area contributed by atoms with E-state index in [9.17, 15) is 14.0 Å². The van der Waals surface area contributed by atoms with E-state index < -0.39 is 11.6 Å². The Bertz CT molecular complexity index is 1990. The van der Waals surface area contributed by atoms with Crippen LogP contribution in [0.3, 0.4) is 0 Å². The minimum atomic E-state index is -0.815. The predicted octanol–water partition coefficient (Wildman–Crippen LogP) is 5.77. The highest BCUT2D eigenvalue weighted by molar-refractivity contribution is 7.18. The van der Waals surface area contributed by atoms with E-state index in [1.54, 1.807) is 30.4 Å². The van der Waals surface area contributed by atoms with Crippen LogP contribution in [0.2, 0.25) is 0 Å². The Morgan fingerprint density at radius 1 is 1.11 bits per heavy atom. The van der Waals surface area contributed by atoms with E-state index in [2.05, 4.69) is 6.58 Å². The molecule has 1 aliphatic rings. The minimum absolute atomic E-state index is 0.00676. The SMILES string of the molecule is C=CC(=O)N1CCc2ncc(-c3nc(-c4ccn(C)c(=O)c4)c4ccsc4c3-c3c(F)cc(F)cc3OCCOC)cc2C1. The molecule has 0 N–H and O–H groups in total.